The minimum absolute atomic E-state index is 0.0255. The molecule has 25 heavy (non-hydrogen) atoms. The fourth-order valence-corrected chi connectivity index (χ4v) is 2.52. The van der Waals surface area contributed by atoms with Crippen molar-refractivity contribution < 1.29 is 27.5 Å². The summed E-state index contributed by atoms with van der Waals surface area (Å²) >= 11 is 0. The second-order valence-corrected chi connectivity index (χ2v) is 7.20. The summed E-state index contributed by atoms with van der Waals surface area (Å²) in [5.74, 6) is -2.26. The third kappa shape index (κ3) is 5.73. The van der Waals surface area contributed by atoms with Crippen molar-refractivity contribution in [3.63, 3.8) is 0 Å². The molecule has 0 radical (unpaired) electrons. The summed E-state index contributed by atoms with van der Waals surface area (Å²) in [5, 5.41) is 11.8. The van der Waals surface area contributed by atoms with Gasteiger partial charge < -0.3 is 14.8 Å². The fourth-order valence-electron chi connectivity index (χ4n) is 2.11. The monoisotopic (exact) mass is 366 g/mol. The van der Waals surface area contributed by atoms with Crippen LogP contribution in [0.4, 0.5) is 0 Å². The molecule has 0 aliphatic carbocycles. The Hall–Kier alpha value is -2.65. The molecule has 2 rings (SSSR count). The number of hydrogen-bond donors (Lipinski definition) is 3. The van der Waals surface area contributed by atoms with Crippen LogP contribution in [0, 0.1) is 0 Å². The van der Waals surface area contributed by atoms with Crippen LogP contribution in [-0.4, -0.2) is 38.2 Å². The van der Waals surface area contributed by atoms with Gasteiger partial charge in [0.1, 0.15) is 5.76 Å². The van der Waals surface area contributed by atoms with E-state index in [9.17, 15) is 23.1 Å². The maximum atomic E-state index is 12.1. The minimum atomic E-state index is -3.37. The number of carboxylic acids is 1. The Morgan fingerprint density at radius 3 is 2.44 bits per heavy atom. The summed E-state index contributed by atoms with van der Waals surface area (Å²) in [6.07, 6.45) is 1.01. The van der Waals surface area contributed by atoms with Crippen LogP contribution >= 0.6 is 0 Å². The molecule has 0 aliphatic rings. The van der Waals surface area contributed by atoms with Crippen LogP contribution in [0.5, 0.6) is 0 Å². The Morgan fingerprint density at radius 1 is 1.16 bits per heavy atom. The predicted molar refractivity (Wildman–Crippen MR) is 89.5 cm³/mol. The zero-order valence-electron chi connectivity index (χ0n) is 13.4. The normalized spacial score (nSPS) is 12.5. The van der Waals surface area contributed by atoms with Crippen LogP contribution in [0.15, 0.2) is 46.9 Å². The lowest BCUT2D eigenvalue weighted by atomic mass is 9.99. The molecular weight excluding hydrogens is 348 g/mol. The van der Waals surface area contributed by atoms with E-state index in [1.54, 1.807) is 30.3 Å². The van der Waals surface area contributed by atoms with E-state index in [-0.39, 0.29) is 24.6 Å². The van der Waals surface area contributed by atoms with Gasteiger partial charge in [-0.15, -0.1) is 0 Å². The summed E-state index contributed by atoms with van der Waals surface area (Å²) in [5.41, 5.74) is 0.577. The standard InChI is InChI=1S/C16H18N2O6S/c1-25(22,23)18-9-12-7-8-14(24-12)15(19)17-10-13(16(20)21)11-5-3-2-4-6-11/h2-8,13,18H,9-10H2,1H3,(H,17,19)(H,20,21). The Morgan fingerprint density at radius 2 is 1.84 bits per heavy atom. The van der Waals surface area contributed by atoms with Crippen molar-refractivity contribution in [2.24, 2.45) is 0 Å². The highest BCUT2D eigenvalue weighted by molar-refractivity contribution is 7.88. The number of sulfonamides is 1. The number of nitrogens with one attached hydrogen (secondary N) is 2. The van der Waals surface area contributed by atoms with Gasteiger partial charge in [-0.05, 0) is 17.7 Å². The number of amides is 1. The molecule has 2 aromatic rings. The molecule has 3 N–H and O–H groups in total. The van der Waals surface area contributed by atoms with Gasteiger partial charge in [-0.1, -0.05) is 30.3 Å². The number of rotatable bonds is 8. The quantitative estimate of drug-likeness (QED) is 0.638. The first-order valence-electron chi connectivity index (χ1n) is 7.35. The van der Waals surface area contributed by atoms with E-state index < -0.39 is 27.8 Å². The van der Waals surface area contributed by atoms with Gasteiger partial charge in [0.15, 0.2) is 5.76 Å². The topological polar surface area (TPSA) is 126 Å². The lowest BCUT2D eigenvalue weighted by Gasteiger charge is -2.13. The van der Waals surface area contributed by atoms with Crippen LogP contribution in [0.2, 0.25) is 0 Å². The van der Waals surface area contributed by atoms with Crippen LogP contribution in [0.3, 0.4) is 0 Å². The largest absolute Gasteiger partial charge is 0.481 e. The number of hydrogen-bond acceptors (Lipinski definition) is 5. The van der Waals surface area contributed by atoms with E-state index in [0.29, 0.717) is 5.56 Å². The Kier molecular flexibility index (Phi) is 5.94. The van der Waals surface area contributed by atoms with Crippen molar-refractivity contribution in [2.45, 2.75) is 12.5 Å². The zero-order valence-corrected chi connectivity index (χ0v) is 14.2. The van der Waals surface area contributed by atoms with E-state index in [4.69, 9.17) is 4.42 Å². The number of aliphatic carboxylic acids is 1. The molecular formula is C16H18N2O6S. The SMILES string of the molecule is CS(=O)(=O)NCc1ccc(C(=O)NCC(C(=O)O)c2ccccc2)o1. The molecule has 1 aromatic heterocycles. The van der Waals surface area contributed by atoms with E-state index in [1.807, 2.05) is 0 Å². The maximum absolute atomic E-state index is 12.1. The third-order valence-electron chi connectivity index (χ3n) is 3.36. The summed E-state index contributed by atoms with van der Waals surface area (Å²) < 4.78 is 29.6. The first-order valence-corrected chi connectivity index (χ1v) is 9.24. The second-order valence-electron chi connectivity index (χ2n) is 5.37. The highest BCUT2D eigenvalue weighted by Crippen LogP contribution is 2.15. The van der Waals surface area contributed by atoms with E-state index >= 15 is 0 Å². The molecule has 134 valence electrons. The van der Waals surface area contributed by atoms with Crippen molar-refractivity contribution in [3.05, 3.63) is 59.5 Å². The molecule has 0 saturated carbocycles. The van der Waals surface area contributed by atoms with Crippen molar-refractivity contribution in [2.75, 3.05) is 12.8 Å². The van der Waals surface area contributed by atoms with E-state index in [0.717, 1.165) is 6.26 Å². The Labute approximate surface area is 144 Å². The zero-order chi connectivity index (χ0) is 18.4. The minimum Gasteiger partial charge on any atom is -0.481 e. The highest BCUT2D eigenvalue weighted by Gasteiger charge is 2.21. The van der Waals surface area contributed by atoms with Gasteiger partial charge in [0.25, 0.3) is 5.91 Å². The number of carbonyl (C=O) groups excluding carboxylic acids is 1. The van der Waals surface area contributed by atoms with Gasteiger partial charge in [0, 0.05) is 6.54 Å². The second kappa shape index (κ2) is 7.95. The van der Waals surface area contributed by atoms with Gasteiger partial charge in [-0.25, -0.2) is 13.1 Å². The Bertz CT molecular complexity index is 845. The Balaban J connectivity index is 1.97. The number of furan rings is 1. The summed E-state index contributed by atoms with van der Waals surface area (Å²) in [6.45, 7) is -0.177. The molecule has 9 heteroatoms. The van der Waals surface area contributed by atoms with Crippen LogP contribution in [-0.2, 0) is 21.4 Å². The molecule has 1 atom stereocenters. The van der Waals surface area contributed by atoms with Crippen molar-refractivity contribution in [1.82, 2.24) is 10.0 Å². The first kappa shape index (κ1) is 18.7. The lowest BCUT2D eigenvalue weighted by molar-refractivity contribution is -0.138. The van der Waals surface area contributed by atoms with Gasteiger partial charge in [-0.2, -0.15) is 0 Å². The van der Waals surface area contributed by atoms with Crippen LogP contribution < -0.4 is 10.0 Å². The number of carbonyl (C=O) groups is 2. The first-order chi connectivity index (χ1) is 11.8. The lowest BCUT2D eigenvalue weighted by Crippen LogP contribution is -2.31. The smallest absolute Gasteiger partial charge is 0.312 e. The molecule has 0 bridgehead atoms. The third-order valence-corrected chi connectivity index (χ3v) is 4.03. The van der Waals surface area contributed by atoms with Gasteiger partial charge >= 0.3 is 5.97 Å². The fraction of sp³-hybridized carbons (Fsp3) is 0.250. The van der Waals surface area contributed by atoms with Crippen molar-refractivity contribution in [3.8, 4) is 0 Å². The average Bonchev–Trinajstić information content (AvgIpc) is 3.02. The average molecular weight is 366 g/mol. The highest BCUT2D eigenvalue weighted by atomic mass is 32.2. The number of benzene rings is 1. The van der Waals surface area contributed by atoms with Gasteiger partial charge in [0.05, 0.1) is 18.7 Å². The van der Waals surface area contributed by atoms with E-state index in [1.165, 1.54) is 12.1 Å². The summed E-state index contributed by atoms with van der Waals surface area (Å²) in [4.78, 5) is 23.5. The molecule has 0 aliphatic heterocycles. The molecule has 1 unspecified atom stereocenters. The molecule has 1 heterocycles. The number of carboxylic acid groups (broad SMARTS) is 1. The predicted octanol–water partition coefficient (Wildman–Crippen LogP) is 0.927. The van der Waals surface area contributed by atoms with E-state index in [2.05, 4.69) is 10.0 Å². The van der Waals surface area contributed by atoms with Crippen molar-refractivity contribution >= 4 is 21.9 Å². The van der Waals surface area contributed by atoms with Crippen molar-refractivity contribution in [1.29, 1.82) is 0 Å². The maximum Gasteiger partial charge on any atom is 0.312 e. The van der Waals surface area contributed by atoms with Crippen LogP contribution in [0.25, 0.3) is 0 Å². The summed E-state index contributed by atoms with van der Waals surface area (Å²) in [7, 11) is -3.37. The molecule has 0 spiro atoms. The van der Waals surface area contributed by atoms with Gasteiger partial charge in [-0.3, -0.25) is 9.59 Å². The van der Waals surface area contributed by atoms with Gasteiger partial charge in [0.2, 0.25) is 10.0 Å². The van der Waals surface area contributed by atoms with Crippen LogP contribution in [0.1, 0.15) is 27.8 Å². The molecule has 1 aromatic carbocycles. The molecule has 0 saturated heterocycles. The molecule has 8 nitrogen and oxygen atoms in total. The summed E-state index contributed by atoms with van der Waals surface area (Å²) in [6, 6.07) is 11.4. The molecule has 0 fully saturated rings. The molecule has 1 amide bonds.